The van der Waals surface area contributed by atoms with Crippen LogP contribution in [0.25, 0.3) is 0 Å². The van der Waals surface area contributed by atoms with Crippen molar-refractivity contribution in [1.82, 2.24) is 0 Å². The van der Waals surface area contributed by atoms with Crippen molar-refractivity contribution in [1.29, 1.82) is 0 Å². The van der Waals surface area contributed by atoms with Crippen LogP contribution in [-0.2, 0) is 0 Å². The number of hydrogen-bond donors (Lipinski definition) is 2. The molecule has 6 atom stereocenters. The monoisotopic (exact) mass is 210 g/mol. The molecule has 5 unspecified atom stereocenters. The highest BCUT2D eigenvalue weighted by Gasteiger charge is 2.51. The van der Waals surface area contributed by atoms with Crippen molar-refractivity contribution in [2.24, 2.45) is 35.5 Å². The highest BCUT2D eigenvalue weighted by Crippen LogP contribution is 2.58. The lowest BCUT2D eigenvalue weighted by Gasteiger charge is -2.50. The molecule has 4 saturated carbocycles. The van der Waals surface area contributed by atoms with E-state index >= 15 is 0 Å². The topological polar surface area (TPSA) is 40.5 Å². The third-order valence-electron chi connectivity index (χ3n) is 5.49. The summed E-state index contributed by atoms with van der Waals surface area (Å²) < 4.78 is 0. The van der Waals surface area contributed by atoms with Gasteiger partial charge in [0, 0.05) is 13.2 Å². The maximum atomic E-state index is 9.41. The maximum absolute atomic E-state index is 9.41. The molecular formula is C13H22O2. The largest absolute Gasteiger partial charge is 0.396 e. The summed E-state index contributed by atoms with van der Waals surface area (Å²) in [6.07, 6.45) is 6.50. The molecule has 0 spiro atoms. The van der Waals surface area contributed by atoms with Crippen LogP contribution >= 0.6 is 0 Å². The lowest BCUT2D eigenvalue weighted by Crippen LogP contribution is -2.43. The van der Waals surface area contributed by atoms with Gasteiger partial charge in [-0.05, 0) is 67.6 Å². The second kappa shape index (κ2) is 3.74. The van der Waals surface area contributed by atoms with Crippen LogP contribution in [0.5, 0.6) is 0 Å². The SMILES string of the molecule is OCC1CC2C3CC[C@H](CC3CO)C2C1. The van der Waals surface area contributed by atoms with E-state index in [4.69, 9.17) is 0 Å². The fraction of sp³-hybridized carbons (Fsp3) is 1.00. The average molecular weight is 210 g/mol. The Kier molecular flexibility index (Phi) is 2.52. The van der Waals surface area contributed by atoms with Gasteiger partial charge in [-0.3, -0.25) is 0 Å². The van der Waals surface area contributed by atoms with Crippen molar-refractivity contribution in [3.05, 3.63) is 0 Å². The Morgan fingerprint density at radius 3 is 2.33 bits per heavy atom. The van der Waals surface area contributed by atoms with Crippen LogP contribution in [0.3, 0.4) is 0 Å². The Labute approximate surface area is 91.7 Å². The van der Waals surface area contributed by atoms with E-state index < -0.39 is 0 Å². The van der Waals surface area contributed by atoms with Gasteiger partial charge < -0.3 is 10.2 Å². The summed E-state index contributed by atoms with van der Waals surface area (Å²) in [4.78, 5) is 0. The molecule has 15 heavy (non-hydrogen) atoms. The van der Waals surface area contributed by atoms with Crippen LogP contribution in [0.15, 0.2) is 0 Å². The third-order valence-corrected chi connectivity index (χ3v) is 5.49. The molecule has 0 aromatic carbocycles. The minimum atomic E-state index is 0.385. The number of aliphatic hydroxyl groups excluding tert-OH is 2. The molecule has 2 heteroatoms. The van der Waals surface area contributed by atoms with Crippen LogP contribution in [0.4, 0.5) is 0 Å². The molecule has 4 fully saturated rings. The van der Waals surface area contributed by atoms with E-state index in [1.165, 1.54) is 32.1 Å². The molecule has 0 radical (unpaired) electrons. The zero-order valence-electron chi connectivity index (χ0n) is 9.31. The second-order valence-corrected chi connectivity index (χ2v) is 6.03. The third kappa shape index (κ3) is 1.45. The molecule has 2 bridgehead atoms. The number of rotatable bonds is 2. The Morgan fingerprint density at radius 2 is 1.60 bits per heavy atom. The summed E-state index contributed by atoms with van der Waals surface area (Å²) in [5.74, 6) is 4.54. The molecule has 4 rings (SSSR count). The summed E-state index contributed by atoms with van der Waals surface area (Å²) in [5, 5.41) is 18.7. The van der Waals surface area contributed by atoms with Gasteiger partial charge in [-0.25, -0.2) is 0 Å². The van der Waals surface area contributed by atoms with E-state index in [0.717, 1.165) is 23.7 Å². The Bertz CT molecular complexity index is 241. The van der Waals surface area contributed by atoms with Crippen molar-refractivity contribution in [2.75, 3.05) is 13.2 Å². The summed E-state index contributed by atoms with van der Waals surface area (Å²) in [6, 6.07) is 0. The van der Waals surface area contributed by atoms with E-state index in [9.17, 15) is 10.2 Å². The van der Waals surface area contributed by atoms with Gasteiger partial charge in [-0.15, -0.1) is 0 Å². The molecule has 4 aliphatic rings. The van der Waals surface area contributed by atoms with Crippen LogP contribution in [0.1, 0.15) is 32.1 Å². The molecule has 0 aromatic rings. The molecule has 2 N–H and O–H groups in total. The van der Waals surface area contributed by atoms with Crippen LogP contribution < -0.4 is 0 Å². The number of fused-ring (bicyclic) bond motifs is 2. The number of aliphatic hydroxyl groups is 2. The highest BCUT2D eigenvalue weighted by molar-refractivity contribution is 5.01. The molecule has 0 aromatic heterocycles. The lowest BCUT2D eigenvalue weighted by atomic mass is 9.56. The minimum absolute atomic E-state index is 0.385. The molecule has 0 amide bonds. The first kappa shape index (κ1) is 10.1. The molecule has 86 valence electrons. The van der Waals surface area contributed by atoms with Crippen molar-refractivity contribution in [2.45, 2.75) is 32.1 Å². The van der Waals surface area contributed by atoms with Gasteiger partial charge in [0.1, 0.15) is 0 Å². The van der Waals surface area contributed by atoms with Gasteiger partial charge in [0.2, 0.25) is 0 Å². The van der Waals surface area contributed by atoms with Gasteiger partial charge in [-0.1, -0.05) is 0 Å². The standard InChI is InChI=1S/C13H22O2/c14-6-8-3-12-9-1-2-11(13(12)4-8)10(5-9)7-15/h8-15H,1-7H2/t8?,9-,10?,11?,12?,13?/m1/s1. The Morgan fingerprint density at radius 1 is 0.800 bits per heavy atom. The van der Waals surface area contributed by atoms with Crippen molar-refractivity contribution in [3.63, 3.8) is 0 Å². The van der Waals surface area contributed by atoms with Gasteiger partial charge in [-0.2, -0.15) is 0 Å². The second-order valence-electron chi connectivity index (χ2n) is 6.03. The maximum Gasteiger partial charge on any atom is 0.0462 e. The van der Waals surface area contributed by atoms with E-state index in [1.54, 1.807) is 0 Å². The first-order chi connectivity index (χ1) is 7.33. The summed E-state index contributed by atoms with van der Waals surface area (Å²) in [7, 11) is 0. The fourth-order valence-electron chi connectivity index (χ4n) is 4.89. The zero-order valence-corrected chi connectivity index (χ0v) is 9.31. The van der Waals surface area contributed by atoms with Gasteiger partial charge in [0.15, 0.2) is 0 Å². The Hall–Kier alpha value is -0.0800. The zero-order chi connectivity index (χ0) is 10.4. The minimum Gasteiger partial charge on any atom is -0.396 e. The van der Waals surface area contributed by atoms with Crippen LogP contribution in [0, 0.1) is 35.5 Å². The molecule has 4 aliphatic carbocycles. The van der Waals surface area contributed by atoms with Crippen molar-refractivity contribution < 1.29 is 10.2 Å². The van der Waals surface area contributed by atoms with Gasteiger partial charge in [0.05, 0.1) is 0 Å². The smallest absolute Gasteiger partial charge is 0.0462 e. The molecule has 2 nitrogen and oxygen atoms in total. The van der Waals surface area contributed by atoms with Crippen molar-refractivity contribution in [3.8, 4) is 0 Å². The van der Waals surface area contributed by atoms with Gasteiger partial charge in [0.25, 0.3) is 0 Å². The quantitative estimate of drug-likeness (QED) is 0.727. The fourth-order valence-corrected chi connectivity index (χ4v) is 4.89. The number of hydrogen-bond acceptors (Lipinski definition) is 2. The molecule has 0 heterocycles. The van der Waals surface area contributed by atoms with Crippen LogP contribution in [0.2, 0.25) is 0 Å². The summed E-state index contributed by atoms with van der Waals surface area (Å²) >= 11 is 0. The van der Waals surface area contributed by atoms with Gasteiger partial charge >= 0.3 is 0 Å². The van der Waals surface area contributed by atoms with E-state index in [1.807, 2.05) is 0 Å². The lowest BCUT2D eigenvalue weighted by molar-refractivity contribution is -0.0288. The summed E-state index contributed by atoms with van der Waals surface area (Å²) in [5.41, 5.74) is 0. The molecular weight excluding hydrogens is 188 g/mol. The predicted octanol–water partition coefficient (Wildman–Crippen LogP) is 1.66. The van der Waals surface area contributed by atoms with E-state index in [2.05, 4.69) is 0 Å². The summed E-state index contributed by atoms with van der Waals surface area (Å²) in [6.45, 7) is 0.782. The highest BCUT2D eigenvalue weighted by atomic mass is 16.3. The Balaban J connectivity index is 1.79. The van der Waals surface area contributed by atoms with E-state index in [0.29, 0.717) is 25.0 Å². The van der Waals surface area contributed by atoms with E-state index in [-0.39, 0.29) is 0 Å². The predicted molar refractivity (Wildman–Crippen MR) is 58.2 cm³/mol. The first-order valence-electron chi connectivity index (χ1n) is 6.55. The molecule has 0 saturated heterocycles. The molecule has 0 aliphatic heterocycles. The normalized spacial score (nSPS) is 53.2. The average Bonchev–Trinajstić information content (AvgIpc) is 2.74. The van der Waals surface area contributed by atoms with Crippen LogP contribution in [-0.4, -0.2) is 23.4 Å². The van der Waals surface area contributed by atoms with Crippen molar-refractivity contribution >= 4 is 0 Å². The first-order valence-corrected chi connectivity index (χ1v) is 6.55.